The molecule has 0 N–H and O–H groups in total. The van der Waals surface area contributed by atoms with Crippen LogP contribution in [0.15, 0.2) is 164 Å². The lowest BCUT2D eigenvalue weighted by atomic mass is 9.67. The van der Waals surface area contributed by atoms with E-state index in [1.807, 2.05) is 6.20 Å². The molecule has 0 aliphatic heterocycles. The first-order valence-corrected chi connectivity index (χ1v) is 19.1. The zero-order valence-electron chi connectivity index (χ0n) is 31.5. The fraction of sp³-hybridized carbons (Fsp3) is 0.160. The largest absolute Gasteiger partial charge is 0.294 e. The fourth-order valence-corrected chi connectivity index (χ4v) is 9.13. The van der Waals surface area contributed by atoms with E-state index in [4.69, 9.17) is 4.98 Å². The molecule has 0 spiro atoms. The molecular formula is C50H43N4+. The second-order valence-corrected chi connectivity index (χ2v) is 16.1. The molecule has 4 heteroatoms. The zero-order chi connectivity index (χ0) is 36.8. The molecular weight excluding hydrogens is 657 g/mol. The molecule has 0 amide bonds. The standard InChI is InChI=1S/C50H43N4/c1-33(2)34-27-28-51-48(29-34)54-44-22-11-8-19-40(44)41-26-25-36(31-47(41)54)50(42-20-9-6-17-38(42)39-18-7-10-21-43(39)50)35-15-14-16-37(30-35)52-32-53(49(3,4)5)46-24-13-12-23-45(46)52/h6-33H,1-5H3/q+1. The molecule has 1 aliphatic carbocycles. The molecule has 54 heavy (non-hydrogen) atoms. The Kier molecular flexibility index (Phi) is 7.12. The number of pyridine rings is 1. The maximum atomic E-state index is 4.99. The van der Waals surface area contributed by atoms with Crippen molar-refractivity contribution in [3.63, 3.8) is 0 Å². The monoisotopic (exact) mass is 699 g/mol. The summed E-state index contributed by atoms with van der Waals surface area (Å²) in [5.74, 6) is 1.34. The summed E-state index contributed by atoms with van der Waals surface area (Å²) < 4.78 is 7.12. The second-order valence-electron chi connectivity index (χ2n) is 16.1. The van der Waals surface area contributed by atoms with Crippen molar-refractivity contribution in [2.45, 2.75) is 51.5 Å². The number of aromatic nitrogens is 4. The number of benzene rings is 6. The summed E-state index contributed by atoms with van der Waals surface area (Å²) in [6, 6.07) is 56.3. The van der Waals surface area contributed by atoms with Gasteiger partial charge in [0.1, 0.15) is 17.0 Å². The van der Waals surface area contributed by atoms with Gasteiger partial charge in [-0.25, -0.2) is 9.55 Å². The van der Waals surface area contributed by atoms with Crippen LogP contribution < -0.4 is 4.57 Å². The third-order valence-electron chi connectivity index (χ3n) is 11.6. The predicted octanol–water partition coefficient (Wildman–Crippen LogP) is 11.7. The average molecular weight is 700 g/mol. The normalized spacial score (nSPS) is 13.6. The quantitative estimate of drug-likeness (QED) is 0.164. The SMILES string of the molecule is CC(C)c1ccnc(-n2c3ccccc3c3ccc(C4(c5cccc(-n6c[n+](C(C)(C)C)c7ccccc76)c5)c5ccccc5-c5ccccc54)cc32)c1. The van der Waals surface area contributed by atoms with Gasteiger partial charge in [-0.15, -0.1) is 0 Å². The van der Waals surface area contributed by atoms with Crippen molar-refractivity contribution in [3.05, 3.63) is 192 Å². The van der Waals surface area contributed by atoms with Gasteiger partial charge < -0.3 is 0 Å². The number of hydrogen-bond acceptors (Lipinski definition) is 1. The lowest BCUT2D eigenvalue weighted by Gasteiger charge is -2.34. The topological polar surface area (TPSA) is 26.6 Å². The Morgan fingerprint density at radius 3 is 1.98 bits per heavy atom. The van der Waals surface area contributed by atoms with Crippen molar-refractivity contribution < 1.29 is 4.57 Å². The number of imidazole rings is 1. The lowest BCUT2D eigenvalue weighted by molar-refractivity contribution is -0.731. The first-order chi connectivity index (χ1) is 26.2. The minimum atomic E-state index is -0.575. The molecule has 3 heterocycles. The van der Waals surface area contributed by atoms with Crippen molar-refractivity contribution in [3.8, 4) is 22.6 Å². The van der Waals surface area contributed by atoms with E-state index in [-0.39, 0.29) is 5.54 Å². The molecule has 0 unspecified atom stereocenters. The van der Waals surface area contributed by atoms with E-state index in [9.17, 15) is 0 Å². The highest BCUT2D eigenvalue weighted by atomic mass is 15.2. The molecule has 3 aromatic heterocycles. The molecule has 4 nitrogen and oxygen atoms in total. The van der Waals surface area contributed by atoms with Gasteiger partial charge >= 0.3 is 0 Å². The van der Waals surface area contributed by atoms with Crippen molar-refractivity contribution in [2.75, 3.05) is 0 Å². The van der Waals surface area contributed by atoms with Crippen LogP contribution in [0.4, 0.5) is 0 Å². The van der Waals surface area contributed by atoms with Crippen LogP contribution in [0.5, 0.6) is 0 Å². The first-order valence-electron chi connectivity index (χ1n) is 19.1. The first kappa shape index (κ1) is 32.4. The smallest absolute Gasteiger partial charge is 0.250 e. The maximum absolute atomic E-state index is 4.99. The molecule has 0 atom stereocenters. The van der Waals surface area contributed by atoms with Crippen LogP contribution in [0.25, 0.3) is 55.5 Å². The van der Waals surface area contributed by atoms with Crippen LogP contribution in [-0.4, -0.2) is 14.1 Å². The Balaban J connectivity index is 1.29. The maximum Gasteiger partial charge on any atom is 0.250 e. The van der Waals surface area contributed by atoms with Gasteiger partial charge in [-0.2, -0.15) is 4.57 Å². The Morgan fingerprint density at radius 1 is 0.593 bits per heavy atom. The van der Waals surface area contributed by atoms with Gasteiger partial charge in [-0.1, -0.05) is 117 Å². The van der Waals surface area contributed by atoms with E-state index in [0.29, 0.717) is 5.92 Å². The number of fused-ring (bicyclic) bond motifs is 7. The van der Waals surface area contributed by atoms with E-state index in [2.05, 4.69) is 206 Å². The van der Waals surface area contributed by atoms with Crippen LogP contribution in [0, 0.1) is 0 Å². The minimum Gasteiger partial charge on any atom is -0.294 e. The molecule has 0 bridgehead atoms. The Bertz CT molecular complexity index is 2870. The van der Waals surface area contributed by atoms with Crippen molar-refractivity contribution >= 4 is 32.8 Å². The number of nitrogens with zero attached hydrogens (tertiary/aromatic N) is 4. The Hall–Kier alpha value is -6.26. The van der Waals surface area contributed by atoms with Crippen molar-refractivity contribution in [1.29, 1.82) is 0 Å². The summed E-state index contributed by atoms with van der Waals surface area (Å²) in [5, 5.41) is 2.45. The summed E-state index contributed by atoms with van der Waals surface area (Å²) in [7, 11) is 0. The molecule has 0 saturated heterocycles. The molecule has 9 aromatic rings. The van der Waals surface area contributed by atoms with Gasteiger partial charge in [-0.05, 0) is 114 Å². The molecule has 0 radical (unpaired) electrons. The van der Waals surface area contributed by atoms with Crippen LogP contribution in [-0.2, 0) is 11.0 Å². The Labute approximate surface area is 316 Å². The molecule has 0 saturated carbocycles. The summed E-state index contributed by atoms with van der Waals surface area (Å²) in [6.07, 6.45) is 4.23. The molecule has 262 valence electrons. The van der Waals surface area contributed by atoms with Crippen LogP contribution in [0.2, 0.25) is 0 Å². The van der Waals surface area contributed by atoms with Crippen LogP contribution >= 0.6 is 0 Å². The highest BCUT2D eigenvalue weighted by molar-refractivity contribution is 6.09. The van der Waals surface area contributed by atoms with Crippen molar-refractivity contribution in [2.24, 2.45) is 0 Å². The van der Waals surface area contributed by atoms with Crippen LogP contribution in [0.1, 0.15) is 68.4 Å². The summed E-state index contributed by atoms with van der Waals surface area (Å²) in [4.78, 5) is 4.99. The molecule has 6 aromatic carbocycles. The minimum absolute atomic E-state index is 0.0789. The second kappa shape index (κ2) is 11.9. The van der Waals surface area contributed by atoms with E-state index in [1.54, 1.807) is 0 Å². The molecule has 1 aliphatic rings. The van der Waals surface area contributed by atoms with E-state index in [0.717, 1.165) is 22.5 Å². The van der Waals surface area contributed by atoms with Gasteiger partial charge in [0.15, 0.2) is 11.0 Å². The van der Waals surface area contributed by atoms with Gasteiger partial charge in [0.2, 0.25) is 6.33 Å². The third kappa shape index (κ3) is 4.62. The third-order valence-corrected chi connectivity index (χ3v) is 11.6. The van der Waals surface area contributed by atoms with Crippen LogP contribution in [0.3, 0.4) is 0 Å². The Morgan fingerprint density at radius 2 is 1.24 bits per heavy atom. The van der Waals surface area contributed by atoms with Gasteiger partial charge in [0.05, 0.1) is 16.4 Å². The van der Waals surface area contributed by atoms with Gasteiger partial charge in [0, 0.05) is 17.0 Å². The summed E-state index contributed by atoms with van der Waals surface area (Å²) >= 11 is 0. The van der Waals surface area contributed by atoms with E-state index >= 15 is 0 Å². The van der Waals surface area contributed by atoms with E-state index in [1.165, 1.54) is 60.8 Å². The zero-order valence-corrected chi connectivity index (χ0v) is 31.5. The highest BCUT2D eigenvalue weighted by Crippen LogP contribution is 2.56. The van der Waals surface area contributed by atoms with Gasteiger partial charge in [0.25, 0.3) is 0 Å². The lowest BCUT2D eigenvalue weighted by Crippen LogP contribution is -2.49. The van der Waals surface area contributed by atoms with Gasteiger partial charge in [-0.3, -0.25) is 4.57 Å². The molecule has 10 rings (SSSR count). The summed E-state index contributed by atoms with van der Waals surface area (Å²) in [6.45, 7) is 11.3. The highest BCUT2D eigenvalue weighted by Gasteiger charge is 2.46. The van der Waals surface area contributed by atoms with Crippen molar-refractivity contribution in [1.82, 2.24) is 14.1 Å². The van der Waals surface area contributed by atoms with E-state index < -0.39 is 5.41 Å². The number of para-hydroxylation sites is 3. The fourth-order valence-electron chi connectivity index (χ4n) is 9.13. The average Bonchev–Trinajstić information content (AvgIpc) is 3.85. The molecule has 0 fully saturated rings. The number of rotatable bonds is 5. The predicted molar refractivity (Wildman–Crippen MR) is 222 cm³/mol. The summed E-state index contributed by atoms with van der Waals surface area (Å²) in [5.41, 5.74) is 14.1. The number of hydrogen-bond donors (Lipinski definition) is 0.